The van der Waals surface area contributed by atoms with Gasteiger partial charge >= 0.3 is 0 Å². The van der Waals surface area contributed by atoms with E-state index in [1.807, 2.05) is 0 Å². The van der Waals surface area contributed by atoms with Crippen molar-refractivity contribution in [2.24, 2.45) is 0 Å². The molecule has 88 valence electrons. The highest BCUT2D eigenvalue weighted by atomic mass is 32.2. The Morgan fingerprint density at radius 1 is 1.06 bits per heavy atom. The van der Waals surface area contributed by atoms with E-state index in [1.54, 1.807) is 0 Å². The lowest BCUT2D eigenvalue weighted by Crippen LogP contribution is -1.97. The van der Waals surface area contributed by atoms with Crippen molar-refractivity contribution in [2.45, 2.75) is 4.90 Å². The topological polar surface area (TPSA) is 91.7 Å². The van der Waals surface area contributed by atoms with Crippen molar-refractivity contribution in [2.75, 3.05) is 0 Å². The summed E-state index contributed by atoms with van der Waals surface area (Å²) < 4.78 is 30.8. The van der Waals surface area contributed by atoms with E-state index in [2.05, 4.69) is 0 Å². The number of carbonyl (C=O) groups is 1. The Morgan fingerprint density at radius 2 is 1.76 bits per heavy atom. The number of hydrogen-bond acceptors (Lipinski definition) is 4. The SMILES string of the molecule is O=Cc1cc2cc(S(=O)(=O)O)ccc2cc1O. The fourth-order valence-electron chi connectivity index (χ4n) is 1.54. The van der Waals surface area contributed by atoms with E-state index in [-0.39, 0.29) is 16.2 Å². The Morgan fingerprint density at radius 3 is 2.35 bits per heavy atom. The smallest absolute Gasteiger partial charge is 0.294 e. The van der Waals surface area contributed by atoms with Crippen LogP contribution >= 0.6 is 0 Å². The molecule has 2 aromatic rings. The second kappa shape index (κ2) is 3.83. The quantitative estimate of drug-likeness (QED) is 0.625. The normalized spacial score (nSPS) is 11.6. The molecule has 5 nitrogen and oxygen atoms in total. The molecule has 0 aliphatic heterocycles. The first-order chi connectivity index (χ1) is 7.91. The third-order valence-corrected chi connectivity index (χ3v) is 3.23. The van der Waals surface area contributed by atoms with Crippen LogP contribution in [0, 0.1) is 0 Å². The number of aromatic hydroxyl groups is 1. The van der Waals surface area contributed by atoms with Gasteiger partial charge in [0.15, 0.2) is 6.29 Å². The predicted molar refractivity (Wildman–Crippen MR) is 60.8 cm³/mol. The molecular formula is C11H8O5S. The maximum absolute atomic E-state index is 10.9. The van der Waals surface area contributed by atoms with Crippen LogP contribution < -0.4 is 0 Å². The van der Waals surface area contributed by atoms with Crippen molar-refractivity contribution < 1.29 is 22.9 Å². The summed E-state index contributed by atoms with van der Waals surface area (Å²) in [6.07, 6.45) is 0.467. The van der Waals surface area contributed by atoms with Gasteiger partial charge in [-0.15, -0.1) is 0 Å². The largest absolute Gasteiger partial charge is 0.507 e. The monoisotopic (exact) mass is 252 g/mol. The van der Waals surface area contributed by atoms with E-state index in [1.165, 1.54) is 30.3 Å². The second-order valence-electron chi connectivity index (χ2n) is 3.51. The Labute approximate surface area is 97.1 Å². The maximum atomic E-state index is 10.9. The zero-order valence-corrected chi connectivity index (χ0v) is 9.31. The van der Waals surface area contributed by atoms with E-state index in [0.717, 1.165) is 0 Å². The first-order valence-corrected chi connectivity index (χ1v) is 6.05. The lowest BCUT2D eigenvalue weighted by Gasteiger charge is -2.03. The molecule has 0 atom stereocenters. The molecule has 0 heterocycles. The molecule has 17 heavy (non-hydrogen) atoms. The van der Waals surface area contributed by atoms with Crippen LogP contribution in [0.1, 0.15) is 10.4 Å². The number of hydrogen-bond donors (Lipinski definition) is 2. The molecule has 0 aromatic heterocycles. The van der Waals surface area contributed by atoms with Gasteiger partial charge in [0.05, 0.1) is 10.5 Å². The van der Waals surface area contributed by atoms with Gasteiger partial charge in [-0.25, -0.2) is 0 Å². The average Bonchev–Trinajstić information content (AvgIpc) is 2.26. The summed E-state index contributed by atoms with van der Waals surface area (Å²) in [6, 6.07) is 6.60. The van der Waals surface area contributed by atoms with Crippen molar-refractivity contribution in [3.05, 3.63) is 35.9 Å². The Kier molecular flexibility index (Phi) is 2.60. The predicted octanol–water partition coefficient (Wildman–Crippen LogP) is 1.60. The zero-order chi connectivity index (χ0) is 12.6. The molecule has 2 rings (SSSR count). The number of phenols is 1. The molecule has 0 aliphatic carbocycles. The van der Waals surface area contributed by atoms with Gasteiger partial charge in [0.2, 0.25) is 0 Å². The zero-order valence-electron chi connectivity index (χ0n) is 8.49. The van der Waals surface area contributed by atoms with Crippen LogP contribution in [0.2, 0.25) is 0 Å². The summed E-state index contributed by atoms with van der Waals surface area (Å²) >= 11 is 0. The van der Waals surface area contributed by atoms with Crippen molar-refractivity contribution in [3.8, 4) is 5.75 Å². The highest BCUT2D eigenvalue weighted by molar-refractivity contribution is 7.85. The Balaban J connectivity index is 2.77. The third-order valence-electron chi connectivity index (χ3n) is 2.38. The summed E-state index contributed by atoms with van der Waals surface area (Å²) in [4.78, 5) is 10.4. The summed E-state index contributed by atoms with van der Waals surface area (Å²) in [5, 5.41) is 10.5. The van der Waals surface area contributed by atoms with Crippen molar-refractivity contribution in [3.63, 3.8) is 0 Å². The fraction of sp³-hybridized carbons (Fsp3) is 0. The van der Waals surface area contributed by atoms with Gasteiger partial charge in [0.1, 0.15) is 5.75 Å². The minimum Gasteiger partial charge on any atom is -0.507 e. The van der Waals surface area contributed by atoms with Crippen LogP contribution in [-0.2, 0) is 10.1 Å². The fourth-order valence-corrected chi connectivity index (χ4v) is 2.05. The molecule has 0 amide bonds. The molecule has 2 N–H and O–H groups in total. The van der Waals surface area contributed by atoms with E-state index in [9.17, 15) is 18.3 Å². The van der Waals surface area contributed by atoms with E-state index in [4.69, 9.17) is 4.55 Å². The molecule has 0 spiro atoms. The molecule has 0 radical (unpaired) electrons. The van der Waals surface area contributed by atoms with E-state index >= 15 is 0 Å². The van der Waals surface area contributed by atoms with Gasteiger partial charge in [0.25, 0.3) is 10.1 Å². The number of benzene rings is 2. The number of aldehydes is 1. The number of rotatable bonds is 2. The first kappa shape index (κ1) is 11.6. The highest BCUT2D eigenvalue weighted by Crippen LogP contribution is 2.25. The van der Waals surface area contributed by atoms with Gasteiger partial charge in [-0.05, 0) is 35.0 Å². The standard InChI is InChI=1S/C11H8O5S/c12-6-9-3-8-4-10(17(14,15)16)2-1-7(8)5-11(9)13/h1-6,13H,(H,14,15,16). The van der Waals surface area contributed by atoms with Crippen LogP contribution in [0.25, 0.3) is 10.8 Å². The number of carbonyl (C=O) groups excluding carboxylic acids is 1. The summed E-state index contributed by atoms with van der Waals surface area (Å²) in [6.45, 7) is 0. The second-order valence-corrected chi connectivity index (χ2v) is 4.93. The van der Waals surface area contributed by atoms with Crippen LogP contribution in [0.4, 0.5) is 0 Å². The molecule has 0 fully saturated rings. The van der Waals surface area contributed by atoms with Crippen LogP contribution in [0.3, 0.4) is 0 Å². The maximum Gasteiger partial charge on any atom is 0.294 e. The number of phenolic OH excluding ortho intramolecular Hbond substituents is 1. The van der Waals surface area contributed by atoms with Crippen molar-refractivity contribution in [1.82, 2.24) is 0 Å². The summed E-state index contributed by atoms with van der Waals surface area (Å²) in [7, 11) is -4.27. The molecule has 0 aliphatic rings. The molecule has 0 saturated heterocycles. The molecule has 6 heteroatoms. The molecule has 0 unspecified atom stereocenters. The summed E-state index contributed by atoms with van der Waals surface area (Å²) in [5.74, 6) is -0.174. The van der Waals surface area contributed by atoms with Gasteiger partial charge < -0.3 is 5.11 Å². The Bertz CT molecular complexity index is 703. The summed E-state index contributed by atoms with van der Waals surface area (Å²) in [5.41, 5.74) is 0.0602. The molecule has 0 saturated carbocycles. The third kappa shape index (κ3) is 2.13. The van der Waals surface area contributed by atoms with E-state index < -0.39 is 10.1 Å². The molecule has 2 aromatic carbocycles. The van der Waals surface area contributed by atoms with Gasteiger partial charge in [-0.3, -0.25) is 9.35 Å². The van der Waals surface area contributed by atoms with Crippen molar-refractivity contribution in [1.29, 1.82) is 0 Å². The van der Waals surface area contributed by atoms with Crippen LogP contribution in [-0.4, -0.2) is 24.4 Å². The lowest BCUT2D eigenvalue weighted by molar-refractivity contribution is 0.112. The highest BCUT2D eigenvalue weighted by Gasteiger charge is 2.11. The van der Waals surface area contributed by atoms with E-state index in [0.29, 0.717) is 17.1 Å². The van der Waals surface area contributed by atoms with Gasteiger partial charge in [0, 0.05) is 0 Å². The van der Waals surface area contributed by atoms with Gasteiger partial charge in [-0.2, -0.15) is 8.42 Å². The lowest BCUT2D eigenvalue weighted by atomic mass is 10.1. The first-order valence-electron chi connectivity index (χ1n) is 4.61. The minimum atomic E-state index is -4.27. The molecular weight excluding hydrogens is 244 g/mol. The minimum absolute atomic E-state index is 0.0602. The number of fused-ring (bicyclic) bond motifs is 1. The van der Waals surface area contributed by atoms with Crippen LogP contribution in [0.15, 0.2) is 35.2 Å². The van der Waals surface area contributed by atoms with Crippen molar-refractivity contribution >= 4 is 27.2 Å². The molecule has 0 bridgehead atoms. The Hall–Kier alpha value is -1.92. The van der Waals surface area contributed by atoms with Gasteiger partial charge in [-0.1, -0.05) is 6.07 Å². The average molecular weight is 252 g/mol. The van der Waals surface area contributed by atoms with Crippen LogP contribution in [0.5, 0.6) is 5.75 Å².